The highest BCUT2D eigenvalue weighted by Crippen LogP contribution is 2.36. The molecule has 0 saturated heterocycles. The van der Waals surface area contributed by atoms with E-state index in [0.29, 0.717) is 27.2 Å². The molecule has 0 saturated carbocycles. The maximum atomic E-state index is 12.9. The summed E-state index contributed by atoms with van der Waals surface area (Å²) in [6, 6.07) is 14.2. The van der Waals surface area contributed by atoms with Crippen LogP contribution in [0.15, 0.2) is 53.5 Å². The second kappa shape index (κ2) is 8.50. The topological polar surface area (TPSA) is 59.9 Å². The fraction of sp³-hybridized carbons (Fsp3) is 0.250. The zero-order chi connectivity index (χ0) is 19.4. The Labute approximate surface area is 168 Å². The number of hydrogen-bond acceptors (Lipinski definition) is 4. The number of methoxy groups -OCH3 is 1. The molecule has 0 fully saturated rings. The number of ether oxygens (including phenoxy) is 2. The number of thiocarbonyl (C=S) groups is 1. The summed E-state index contributed by atoms with van der Waals surface area (Å²) >= 11 is 11.6. The summed E-state index contributed by atoms with van der Waals surface area (Å²) in [5.41, 5.74) is 2.09. The molecule has 1 aliphatic heterocycles. The molecule has 1 aliphatic rings. The number of nitrogens with one attached hydrogen (secondary N) is 1. The van der Waals surface area contributed by atoms with Gasteiger partial charge in [-0.15, -0.1) is 0 Å². The summed E-state index contributed by atoms with van der Waals surface area (Å²) in [6.07, 6.45) is 0. The van der Waals surface area contributed by atoms with Crippen LogP contribution in [0.1, 0.15) is 24.1 Å². The fourth-order valence-electron chi connectivity index (χ4n) is 3.12. The van der Waals surface area contributed by atoms with Crippen molar-refractivity contribution in [3.05, 3.63) is 64.7 Å². The van der Waals surface area contributed by atoms with E-state index >= 15 is 0 Å². The Hall–Kier alpha value is -2.44. The van der Waals surface area contributed by atoms with E-state index in [0.717, 1.165) is 5.56 Å². The summed E-state index contributed by atoms with van der Waals surface area (Å²) < 4.78 is 10.8. The van der Waals surface area contributed by atoms with Gasteiger partial charge in [-0.1, -0.05) is 41.9 Å². The molecular weight excluding hydrogens is 384 g/mol. The van der Waals surface area contributed by atoms with Crippen molar-refractivity contribution in [1.29, 1.82) is 0 Å². The summed E-state index contributed by atoms with van der Waals surface area (Å²) in [6.45, 7) is 2.04. The number of carbonyl (C=O) groups excluding carboxylic acids is 1. The summed E-state index contributed by atoms with van der Waals surface area (Å²) in [7, 11) is 1.57. The highest BCUT2D eigenvalue weighted by molar-refractivity contribution is 7.80. The van der Waals surface area contributed by atoms with E-state index < -0.39 is 12.0 Å². The first kappa shape index (κ1) is 19.3. The van der Waals surface area contributed by atoms with Gasteiger partial charge in [0.25, 0.3) is 0 Å². The molecule has 5 nitrogen and oxygen atoms in total. The predicted octanol–water partition coefficient (Wildman–Crippen LogP) is 3.95. The molecule has 0 amide bonds. The van der Waals surface area contributed by atoms with Crippen LogP contribution in [0.25, 0.3) is 0 Å². The summed E-state index contributed by atoms with van der Waals surface area (Å²) in [5, 5.41) is 3.95. The van der Waals surface area contributed by atoms with Crippen LogP contribution in [0.4, 0.5) is 0 Å². The van der Waals surface area contributed by atoms with E-state index in [-0.39, 0.29) is 12.6 Å². The minimum Gasteiger partial charge on any atom is -0.496 e. The lowest BCUT2D eigenvalue weighted by atomic mass is 9.84. The zero-order valence-corrected chi connectivity index (χ0v) is 16.5. The van der Waals surface area contributed by atoms with E-state index in [1.807, 2.05) is 30.3 Å². The minimum atomic E-state index is -0.702. The Morgan fingerprint density at radius 3 is 2.67 bits per heavy atom. The van der Waals surface area contributed by atoms with Gasteiger partial charge in [0.2, 0.25) is 0 Å². The Morgan fingerprint density at radius 1 is 1.26 bits per heavy atom. The van der Waals surface area contributed by atoms with E-state index in [1.165, 1.54) is 0 Å². The Bertz CT molecular complexity index is 886. The van der Waals surface area contributed by atoms with Crippen molar-refractivity contribution in [2.75, 3.05) is 13.7 Å². The Morgan fingerprint density at radius 2 is 2.00 bits per heavy atom. The number of benzene rings is 2. The third kappa shape index (κ3) is 4.12. The molecule has 3 rings (SSSR count). The third-order valence-corrected chi connectivity index (χ3v) is 4.71. The first-order chi connectivity index (χ1) is 13.0. The van der Waals surface area contributed by atoms with Crippen molar-refractivity contribution in [3.8, 4) is 5.75 Å². The van der Waals surface area contributed by atoms with Gasteiger partial charge < -0.3 is 14.8 Å². The fourth-order valence-corrected chi connectivity index (χ4v) is 3.53. The van der Waals surface area contributed by atoms with Crippen LogP contribution in [-0.2, 0) is 9.53 Å². The molecule has 2 unspecified atom stereocenters. The molecule has 0 aromatic heterocycles. The smallest absolute Gasteiger partial charge is 0.317 e. The number of rotatable bonds is 5. The van der Waals surface area contributed by atoms with Crippen molar-refractivity contribution in [1.82, 2.24) is 5.32 Å². The minimum absolute atomic E-state index is 0.265. The lowest BCUT2D eigenvalue weighted by Gasteiger charge is -2.33. The van der Waals surface area contributed by atoms with Crippen LogP contribution in [-0.4, -0.2) is 30.5 Å². The summed E-state index contributed by atoms with van der Waals surface area (Å²) in [5.74, 6) is -0.489. The monoisotopic (exact) mass is 402 g/mol. The van der Waals surface area contributed by atoms with Gasteiger partial charge in [-0.3, -0.25) is 4.79 Å². The van der Waals surface area contributed by atoms with Crippen molar-refractivity contribution >= 4 is 40.6 Å². The van der Waals surface area contributed by atoms with Gasteiger partial charge in [0.1, 0.15) is 11.7 Å². The molecule has 2 aromatic carbocycles. The average Bonchev–Trinajstić information content (AvgIpc) is 2.68. The normalized spacial score (nSPS) is 19.1. The average molecular weight is 403 g/mol. The van der Waals surface area contributed by atoms with Crippen molar-refractivity contribution in [2.45, 2.75) is 13.0 Å². The van der Waals surface area contributed by atoms with E-state index in [4.69, 9.17) is 33.3 Å². The maximum absolute atomic E-state index is 12.9. The zero-order valence-electron chi connectivity index (χ0n) is 14.9. The van der Waals surface area contributed by atoms with Gasteiger partial charge in [-0.25, -0.2) is 4.99 Å². The first-order valence-corrected chi connectivity index (χ1v) is 9.28. The molecule has 2 aromatic rings. The molecule has 0 bridgehead atoms. The molecular formula is C20H19ClN2O3S. The third-order valence-electron chi connectivity index (χ3n) is 4.27. The molecule has 27 heavy (non-hydrogen) atoms. The molecule has 0 spiro atoms. The van der Waals surface area contributed by atoms with Crippen molar-refractivity contribution in [2.24, 2.45) is 10.9 Å². The van der Waals surface area contributed by atoms with Crippen LogP contribution >= 0.6 is 23.8 Å². The van der Waals surface area contributed by atoms with Gasteiger partial charge in [-0.2, -0.15) is 0 Å². The summed E-state index contributed by atoms with van der Waals surface area (Å²) in [4.78, 5) is 17.3. The molecule has 0 radical (unpaired) electrons. The number of halogens is 1. The van der Waals surface area contributed by atoms with Crippen LogP contribution in [0, 0.1) is 5.92 Å². The quantitative estimate of drug-likeness (QED) is 0.606. The first-order valence-electron chi connectivity index (χ1n) is 8.49. The Balaban J connectivity index is 2.15. The second-order valence-electron chi connectivity index (χ2n) is 5.91. The number of nitrogens with zero attached hydrogens (tertiary/aromatic N) is 1. The van der Waals surface area contributed by atoms with Crippen LogP contribution in [0.2, 0.25) is 5.02 Å². The molecule has 0 aliphatic carbocycles. The van der Waals surface area contributed by atoms with Gasteiger partial charge >= 0.3 is 5.97 Å². The van der Waals surface area contributed by atoms with Gasteiger partial charge in [0.15, 0.2) is 5.11 Å². The highest BCUT2D eigenvalue weighted by atomic mass is 35.5. The number of hydrogen-bond donors (Lipinski definition) is 1. The van der Waals surface area contributed by atoms with Crippen LogP contribution < -0.4 is 10.1 Å². The van der Waals surface area contributed by atoms with Gasteiger partial charge in [0.05, 0.1) is 25.5 Å². The van der Waals surface area contributed by atoms with Crippen LogP contribution in [0.5, 0.6) is 5.75 Å². The predicted molar refractivity (Wildman–Crippen MR) is 110 cm³/mol. The number of aliphatic imine (C=N–C) groups is 1. The number of carbonyl (C=O) groups is 1. The van der Waals surface area contributed by atoms with Crippen LogP contribution in [0.3, 0.4) is 0 Å². The van der Waals surface area contributed by atoms with E-state index in [2.05, 4.69) is 10.3 Å². The van der Waals surface area contributed by atoms with E-state index in [1.54, 1.807) is 32.2 Å². The standard InChI is InChI=1S/C20H19ClN2O3S/c1-3-26-19(24)16-17(12-7-5-4-6-8-12)22-20(27)23-18(16)14-11-13(21)9-10-15(14)25-2/h4-11,16,18H,3H2,1-2H3,(H,23,27). The van der Waals surface area contributed by atoms with Gasteiger partial charge in [0, 0.05) is 10.6 Å². The van der Waals surface area contributed by atoms with Crippen molar-refractivity contribution < 1.29 is 14.3 Å². The van der Waals surface area contributed by atoms with E-state index in [9.17, 15) is 4.79 Å². The lowest BCUT2D eigenvalue weighted by Crippen LogP contribution is -2.45. The van der Waals surface area contributed by atoms with Gasteiger partial charge in [-0.05, 0) is 42.9 Å². The molecule has 1 heterocycles. The highest BCUT2D eigenvalue weighted by Gasteiger charge is 2.40. The molecule has 2 atom stereocenters. The molecule has 140 valence electrons. The number of esters is 1. The SMILES string of the molecule is CCOC(=O)C1C(c2ccccc2)=NC(=S)NC1c1cc(Cl)ccc1OC. The second-order valence-corrected chi connectivity index (χ2v) is 6.73. The maximum Gasteiger partial charge on any atom is 0.317 e. The van der Waals surface area contributed by atoms with Crippen molar-refractivity contribution in [3.63, 3.8) is 0 Å². The largest absolute Gasteiger partial charge is 0.496 e. The Kier molecular flexibility index (Phi) is 6.08. The molecule has 7 heteroatoms. The lowest BCUT2D eigenvalue weighted by molar-refractivity contribution is -0.146. The molecule has 1 N–H and O–H groups in total.